The predicted molar refractivity (Wildman–Crippen MR) is 53.6 cm³/mol. The molecular formula is C9H10Cl2O2. The Balaban J connectivity index is 2.67. The molecule has 13 heavy (non-hydrogen) atoms. The molecule has 0 fully saturated rings. The minimum absolute atomic E-state index is 0.224. The lowest BCUT2D eigenvalue weighted by Crippen LogP contribution is -2.12. The highest BCUT2D eigenvalue weighted by atomic mass is 35.5. The second-order valence-corrected chi connectivity index (χ2v) is 3.58. The number of hydrogen-bond donors (Lipinski definition) is 1. The first-order valence-corrected chi connectivity index (χ1v) is 4.61. The highest BCUT2D eigenvalue weighted by Gasteiger charge is 2.03. The number of benzene rings is 1. The van der Waals surface area contributed by atoms with Crippen LogP contribution in [0.2, 0.25) is 10.0 Å². The van der Waals surface area contributed by atoms with Gasteiger partial charge in [0.05, 0.1) is 11.1 Å². The van der Waals surface area contributed by atoms with E-state index in [4.69, 9.17) is 33.0 Å². The third-order valence-corrected chi connectivity index (χ3v) is 1.90. The second-order valence-electron chi connectivity index (χ2n) is 2.73. The summed E-state index contributed by atoms with van der Waals surface area (Å²) in [6, 6.07) is 4.96. The van der Waals surface area contributed by atoms with Crippen molar-refractivity contribution in [1.29, 1.82) is 0 Å². The molecule has 1 aromatic rings. The number of rotatable bonds is 3. The molecule has 0 saturated heterocycles. The van der Waals surface area contributed by atoms with Gasteiger partial charge in [-0.25, -0.2) is 0 Å². The van der Waals surface area contributed by atoms with Gasteiger partial charge in [0.1, 0.15) is 12.4 Å². The summed E-state index contributed by atoms with van der Waals surface area (Å²) in [5, 5.41) is 9.98. The smallest absolute Gasteiger partial charge is 0.138 e. The molecule has 0 bridgehead atoms. The van der Waals surface area contributed by atoms with Gasteiger partial charge in [0.2, 0.25) is 0 Å². The molecule has 0 spiro atoms. The largest absolute Gasteiger partial charge is 0.489 e. The maximum atomic E-state index is 8.97. The molecule has 1 N–H and O–H groups in total. The maximum absolute atomic E-state index is 8.97. The topological polar surface area (TPSA) is 29.5 Å². The van der Waals surface area contributed by atoms with E-state index < -0.39 is 6.10 Å². The summed E-state index contributed by atoms with van der Waals surface area (Å²) in [5.41, 5.74) is 0. The van der Waals surface area contributed by atoms with Crippen molar-refractivity contribution in [2.24, 2.45) is 0 Å². The van der Waals surface area contributed by atoms with Crippen LogP contribution in [0.15, 0.2) is 18.2 Å². The Morgan fingerprint density at radius 2 is 2.15 bits per heavy atom. The molecule has 1 atom stereocenters. The number of aliphatic hydroxyl groups excluding tert-OH is 1. The van der Waals surface area contributed by atoms with E-state index in [0.29, 0.717) is 15.8 Å². The summed E-state index contributed by atoms with van der Waals surface area (Å²) in [6.45, 7) is 1.87. The molecule has 1 rings (SSSR count). The van der Waals surface area contributed by atoms with Crippen molar-refractivity contribution in [3.05, 3.63) is 28.2 Å². The van der Waals surface area contributed by atoms with Crippen molar-refractivity contribution in [2.75, 3.05) is 6.61 Å². The van der Waals surface area contributed by atoms with Crippen LogP contribution >= 0.6 is 23.2 Å². The summed E-state index contributed by atoms with van der Waals surface area (Å²) in [5.74, 6) is 0.534. The first-order valence-electron chi connectivity index (χ1n) is 3.85. The van der Waals surface area contributed by atoms with E-state index in [1.807, 2.05) is 0 Å². The van der Waals surface area contributed by atoms with Crippen LogP contribution in [0, 0.1) is 0 Å². The fourth-order valence-electron chi connectivity index (χ4n) is 0.803. The van der Waals surface area contributed by atoms with Crippen molar-refractivity contribution in [3.8, 4) is 5.75 Å². The number of hydrogen-bond acceptors (Lipinski definition) is 2. The monoisotopic (exact) mass is 220 g/mol. The normalized spacial score (nSPS) is 12.6. The Hall–Kier alpha value is -0.440. The van der Waals surface area contributed by atoms with Crippen LogP contribution in [0.4, 0.5) is 0 Å². The van der Waals surface area contributed by atoms with Gasteiger partial charge in [-0.15, -0.1) is 0 Å². The highest BCUT2D eigenvalue weighted by Crippen LogP contribution is 2.27. The SMILES string of the molecule is C[C@@H](O)COc1ccc(Cl)cc1Cl. The van der Waals surface area contributed by atoms with E-state index in [9.17, 15) is 0 Å². The summed E-state index contributed by atoms with van der Waals surface area (Å²) in [7, 11) is 0. The second kappa shape index (κ2) is 4.70. The van der Waals surface area contributed by atoms with Crippen LogP contribution in [0.5, 0.6) is 5.75 Å². The Morgan fingerprint density at radius 3 is 2.69 bits per heavy atom. The Labute approximate surface area is 87.0 Å². The van der Waals surface area contributed by atoms with Crippen molar-refractivity contribution in [2.45, 2.75) is 13.0 Å². The van der Waals surface area contributed by atoms with E-state index in [1.165, 1.54) is 0 Å². The Kier molecular flexibility index (Phi) is 3.85. The molecule has 0 heterocycles. The lowest BCUT2D eigenvalue weighted by molar-refractivity contribution is 0.123. The summed E-state index contributed by atoms with van der Waals surface area (Å²) >= 11 is 11.5. The number of aliphatic hydroxyl groups is 1. The van der Waals surface area contributed by atoms with E-state index in [2.05, 4.69) is 0 Å². The van der Waals surface area contributed by atoms with Gasteiger partial charge < -0.3 is 9.84 Å². The molecule has 0 aliphatic heterocycles. The van der Waals surface area contributed by atoms with E-state index in [1.54, 1.807) is 25.1 Å². The van der Waals surface area contributed by atoms with E-state index in [-0.39, 0.29) is 6.61 Å². The van der Waals surface area contributed by atoms with Crippen LogP contribution in [0.25, 0.3) is 0 Å². The summed E-state index contributed by atoms with van der Waals surface area (Å²) in [4.78, 5) is 0. The number of ether oxygens (including phenoxy) is 1. The lowest BCUT2D eigenvalue weighted by atomic mass is 10.3. The van der Waals surface area contributed by atoms with Crippen molar-refractivity contribution in [1.82, 2.24) is 0 Å². The zero-order valence-electron chi connectivity index (χ0n) is 7.13. The molecule has 1 aromatic carbocycles. The quantitative estimate of drug-likeness (QED) is 0.850. The van der Waals surface area contributed by atoms with Crippen LogP contribution in [0.1, 0.15) is 6.92 Å². The molecule has 0 aromatic heterocycles. The van der Waals surface area contributed by atoms with Gasteiger partial charge in [0, 0.05) is 5.02 Å². The maximum Gasteiger partial charge on any atom is 0.138 e. The fraction of sp³-hybridized carbons (Fsp3) is 0.333. The van der Waals surface area contributed by atoms with Crippen LogP contribution in [-0.4, -0.2) is 17.8 Å². The standard InChI is InChI=1S/C9H10Cl2O2/c1-6(12)5-13-9-3-2-7(10)4-8(9)11/h2-4,6,12H,5H2,1H3/t6-/m1/s1. The fourth-order valence-corrected chi connectivity index (χ4v) is 1.27. The minimum atomic E-state index is -0.508. The first-order chi connectivity index (χ1) is 6.09. The average molecular weight is 221 g/mol. The Bertz CT molecular complexity index is 287. The van der Waals surface area contributed by atoms with Crippen LogP contribution < -0.4 is 4.74 Å². The third kappa shape index (κ3) is 3.43. The average Bonchev–Trinajstić information content (AvgIpc) is 2.02. The van der Waals surface area contributed by atoms with Crippen LogP contribution in [-0.2, 0) is 0 Å². The van der Waals surface area contributed by atoms with Gasteiger partial charge in [-0.05, 0) is 25.1 Å². The molecule has 0 unspecified atom stereocenters. The molecular weight excluding hydrogens is 211 g/mol. The van der Waals surface area contributed by atoms with Gasteiger partial charge in [0.15, 0.2) is 0 Å². The summed E-state index contributed by atoms with van der Waals surface area (Å²) < 4.78 is 5.21. The van der Waals surface area contributed by atoms with E-state index >= 15 is 0 Å². The van der Waals surface area contributed by atoms with Crippen molar-refractivity contribution < 1.29 is 9.84 Å². The predicted octanol–water partition coefficient (Wildman–Crippen LogP) is 2.75. The molecule has 0 aliphatic carbocycles. The van der Waals surface area contributed by atoms with Gasteiger partial charge >= 0.3 is 0 Å². The first kappa shape index (κ1) is 10.6. The van der Waals surface area contributed by atoms with Gasteiger partial charge in [-0.1, -0.05) is 23.2 Å². The third-order valence-electron chi connectivity index (χ3n) is 1.37. The van der Waals surface area contributed by atoms with Crippen LogP contribution in [0.3, 0.4) is 0 Å². The Morgan fingerprint density at radius 1 is 1.46 bits per heavy atom. The molecule has 4 heteroatoms. The minimum Gasteiger partial charge on any atom is -0.489 e. The number of halogens is 2. The van der Waals surface area contributed by atoms with E-state index in [0.717, 1.165) is 0 Å². The molecule has 2 nitrogen and oxygen atoms in total. The molecule has 0 aliphatic rings. The van der Waals surface area contributed by atoms with Crippen molar-refractivity contribution >= 4 is 23.2 Å². The summed E-state index contributed by atoms with van der Waals surface area (Å²) in [6.07, 6.45) is -0.508. The lowest BCUT2D eigenvalue weighted by Gasteiger charge is -2.09. The molecule has 72 valence electrons. The van der Waals surface area contributed by atoms with Crippen molar-refractivity contribution in [3.63, 3.8) is 0 Å². The zero-order chi connectivity index (χ0) is 9.84. The molecule has 0 saturated carbocycles. The molecule has 0 radical (unpaired) electrons. The van der Waals surface area contributed by atoms with Gasteiger partial charge in [-0.2, -0.15) is 0 Å². The highest BCUT2D eigenvalue weighted by molar-refractivity contribution is 6.35. The van der Waals surface area contributed by atoms with Gasteiger partial charge in [0.25, 0.3) is 0 Å². The molecule has 0 amide bonds. The van der Waals surface area contributed by atoms with Gasteiger partial charge in [-0.3, -0.25) is 0 Å². The zero-order valence-corrected chi connectivity index (χ0v) is 8.64.